The van der Waals surface area contributed by atoms with E-state index in [2.05, 4.69) is 5.16 Å². The van der Waals surface area contributed by atoms with E-state index in [0.29, 0.717) is 30.2 Å². The van der Waals surface area contributed by atoms with Gasteiger partial charge in [0.05, 0.1) is 19.9 Å². The molecule has 0 bridgehead atoms. The highest BCUT2D eigenvalue weighted by Gasteiger charge is 2.43. The number of rotatable bonds is 6. The van der Waals surface area contributed by atoms with Crippen LogP contribution in [0.4, 0.5) is 0 Å². The topological polar surface area (TPSA) is 66.4 Å². The largest absolute Gasteiger partial charge is 0.493 e. The van der Waals surface area contributed by atoms with Crippen molar-refractivity contribution in [2.24, 2.45) is 5.16 Å². The van der Waals surface area contributed by atoms with Gasteiger partial charge in [0.2, 0.25) is 5.60 Å². The Labute approximate surface area is 152 Å². The fourth-order valence-corrected chi connectivity index (χ4v) is 2.72. The van der Waals surface area contributed by atoms with E-state index in [0.717, 1.165) is 11.1 Å². The minimum Gasteiger partial charge on any atom is -0.493 e. The monoisotopic (exact) mass is 355 g/mol. The molecular weight excluding hydrogens is 334 g/mol. The summed E-state index contributed by atoms with van der Waals surface area (Å²) >= 11 is 0. The third kappa shape index (κ3) is 3.64. The summed E-state index contributed by atoms with van der Waals surface area (Å²) in [5.74, 6) is 0.772. The van der Waals surface area contributed by atoms with E-state index < -0.39 is 11.6 Å². The molecule has 1 aliphatic rings. The second-order valence-corrected chi connectivity index (χ2v) is 6.17. The number of oxime groups is 1. The molecule has 1 aliphatic heterocycles. The van der Waals surface area contributed by atoms with Crippen molar-refractivity contribution in [2.45, 2.75) is 25.6 Å². The summed E-state index contributed by atoms with van der Waals surface area (Å²) in [6.07, 6.45) is 0.324. The second-order valence-electron chi connectivity index (χ2n) is 6.17. The number of methoxy groups -OCH3 is 2. The first-order valence-electron chi connectivity index (χ1n) is 8.24. The number of hydrogen-bond acceptors (Lipinski definition) is 6. The number of nitrogens with zero attached hydrogens (tertiary/aromatic N) is 1. The molecule has 0 N–H and O–H groups in total. The number of esters is 1. The molecule has 3 rings (SSSR count). The molecule has 136 valence electrons. The van der Waals surface area contributed by atoms with Crippen LogP contribution in [0.3, 0.4) is 0 Å². The molecule has 0 aliphatic carbocycles. The maximum atomic E-state index is 11.9. The van der Waals surface area contributed by atoms with Crippen LogP contribution in [0.1, 0.15) is 24.5 Å². The van der Waals surface area contributed by atoms with Crippen molar-refractivity contribution in [1.29, 1.82) is 0 Å². The molecule has 2 aromatic carbocycles. The molecule has 0 saturated carbocycles. The molecule has 0 spiro atoms. The summed E-state index contributed by atoms with van der Waals surface area (Å²) in [6.45, 7) is 2.08. The summed E-state index contributed by atoms with van der Waals surface area (Å²) in [4.78, 5) is 17.2. The highest BCUT2D eigenvalue weighted by molar-refractivity contribution is 6.05. The van der Waals surface area contributed by atoms with Crippen LogP contribution in [0.2, 0.25) is 0 Å². The summed E-state index contributed by atoms with van der Waals surface area (Å²) in [5, 5.41) is 4.06. The van der Waals surface area contributed by atoms with Gasteiger partial charge in [0.1, 0.15) is 6.61 Å². The molecule has 0 radical (unpaired) electrons. The van der Waals surface area contributed by atoms with Crippen molar-refractivity contribution in [3.63, 3.8) is 0 Å². The average Bonchev–Trinajstić information content (AvgIpc) is 3.09. The second kappa shape index (κ2) is 7.47. The molecule has 6 nitrogen and oxygen atoms in total. The van der Waals surface area contributed by atoms with E-state index in [-0.39, 0.29) is 0 Å². The Bertz CT molecular complexity index is 818. The summed E-state index contributed by atoms with van der Waals surface area (Å²) in [5.41, 5.74) is 1.42. The molecular formula is C20H21NO5. The van der Waals surface area contributed by atoms with Crippen LogP contribution >= 0.6 is 0 Å². The maximum absolute atomic E-state index is 11.9. The van der Waals surface area contributed by atoms with Gasteiger partial charge < -0.3 is 19.0 Å². The molecule has 1 heterocycles. The minimum absolute atomic E-state index is 0.324. The van der Waals surface area contributed by atoms with E-state index in [4.69, 9.17) is 19.0 Å². The van der Waals surface area contributed by atoms with Crippen LogP contribution < -0.4 is 9.47 Å². The highest BCUT2D eigenvalue weighted by Crippen LogP contribution is 2.33. The predicted octanol–water partition coefficient (Wildman–Crippen LogP) is 3.33. The molecule has 1 unspecified atom stereocenters. The van der Waals surface area contributed by atoms with Gasteiger partial charge in [-0.1, -0.05) is 35.5 Å². The quantitative estimate of drug-likeness (QED) is 0.744. The smallest absolute Gasteiger partial charge is 0.353 e. The molecule has 0 amide bonds. The lowest BCUT2D eigenvalue weighted by Gasteiger charge is -2.17. The predicted molar refractivity (Wildman–Crippen MR) is 96.4 cm³/mol. The highest BCUT2D eigenvalue weighted by atomic mass is 16.7. The lowest BCUT2D eigenvalue weighted by molar-refractivity contribution is -0.164. The van der Waals surface area contributed by atoms with Crippen molar-refractivity contribution in [2.75, 3.05) is 14.2 Å². The zero-order valence-corrected chi connectivity index (χ0v) is 15.0. The van der Waals surface area contributed by atoms with Gasteiger partial charge in [0.15, 0.2) is 11.5 Å². The van der Waals surface area contributed by atoms with Gasteiger partial charge in [-0.05, 0) is 30.7 Å². The van der Waals surface area contributed by atoms with Crippen molar-refractivity contribution < 1.29 is 23.8 Å². The van der Waals surface area contributed by atoms with Crippen molar-refractivity contribution >= 4 is 11.7 Å². The molecule has 26 heavy (non-hydrogen) atoms. The van der Waals surface area contributed by atoms with E-state index in [9.17, 15) is 4.79 Å². The van der Waals surface area contributed by atoms with Crippen molar-refractivity contribution in [3.05, 3.63) is 59.7 Å². The molecule has 0 fully saturated rings. The Hall–Kier alpha value is -3.02. The Kier molecular flexibility index (Phi) is 5.11. The SMILES string of the molecule is COC(=O)C1(C)CC(c2ccc(OC)c(OCc3ccccc3)c2)=NO1. The van der Waals surface area contributed by atoms with Gasteiger partial charge in [0.25, 0.3) is 0 Å². The van der Waals surface area contributed by atoms with Crippen LogP contribution in [0, 0.1) is 0 Å². The molecule has 2 aromatic rings. The van der Waals surface area contributed by atoms with Gasteiger partial charge >= 0.3 is 5.97 Å². The average molecular weight is 355 g/mol. The molecule has 0 aromatic heterocycles. The Morgan fingerprint density at radius 2 is 1.92 bits per heavy atom. The third-order valence-electron chi connectivity index (χ3n) is 4.21. The Morgan fingerprint density at radius 1 is 1.15 bits per heavy atom. The fraction of sp³-hybridized carbons (Fsp3) is 0.300. The normalized spacial score (nSPS) is 18.7. The molecule has 1 atom stereocenters. The number of benzene rings is 2. The first-order chi connectivity index (χ1) is 12.6. The lowest BCUT2D eigenvalue weighted by Crippen LogP contribution is -2.36. The Balaban J connectivity index is 1.78. The fourth-order valence-electron chi connectivity index (χ4n) is 2.72. The van der Waals surface area contributed by atoms with Crippen LogP contribution in [0.15, 0.2) is 53.7 Å². The van der Waals surface area contributed by atoms with E-state index in [1.807, 2.05) is 48.5 Å². The van der Waals surface area contributed by atoms with Gasteiger partial charge in [-0.25, -0.2) is 4.79 Å². The van der Waals surface area contributed by atoms with E-state index >= 15 is 0 Å². The number of carbonyl (C=O) groups excluding carboxylic acids is 1. The third-order valence-corrected chi connectivity index (χ3v) is 4.21. The maximum Gasteiger partial charge on any atom is 0.353 e. The zero-order valence-electron chi connectivity index (χ0n) is 15.0. The van der Waals surface area contributed by atoms with Crippen LogP contribution in [-0.4, -0.2) is 31.5 Å². The van der Waals surface area contributed by atoms with E-state index in [1.54, 1.807) is 14.0 Å². The van der Waals surface area contributed by atoms with Gasteiger partial charge in [-0.15, -0.1) is 0 Å². The zero-order chi connectivity index (χ0) is 18.6. The van der Waals surface area contributed by atoms with Gasteiger partial charge in [-0.2, -0.15) is 0 Å². The van der Waals surface area contributed by atoms with Gasteiger partial charge in [-0.3, -0.25) is 0 Å². The standard InChI is InChI=1S/C20H21NO5/c1-20(19(22)24-3)12-16(21-26-20)15-9-10-17(23-2)18(11-15)25-13-14-7-5-4-6-8-14/h4-11H,12-13H2,1-3H3. The van der Waals surface area contributed by atoms with Crippen molar-refractivity contribution in [3.8, 4) is 11.5 Å². The number of hydrogen-bond donors (Lipinski definition) is 0. The minimum atomic E-state index is -1.10. The molecule has 0 saturated heterocycles. The molecule has 6 heteroatoms. The summed E-state index contributed by atoms with van der Waals surface area (Å²) in [7, 11) is 2.92. The number of carbonyl (C=O) groups is 1. The number of ether oxygens (including phenoxy) is 3. The first-order valence-corrected chi connectivity index (χ1v) is 8.24. The van der Waals surface area contributed by atoms with Crippen LogP contribution in [0.5, 0.6) is 11.5 Å². The summed E-state index contributed by atoms with van der Waals surface area (Å²) < 4.78 is 16.1. The van der Waals surface area contributed by atoms with E-state index in [1.165, 1.54) is 7.11 Å². The first kappa shape index (κ1) is 17.8. The van der Waals surface area contributed by atoms with Gasteiger partial charge in [0, 0.05) is 12.0 Å². The Morgan fingerprint density at radius 3 is 2.62 bits per heavy atom. The van der Waals surface area contributed by atoms with Crippen molar-refractivity contribution in [1.82, 2.24) is 0 Å². The van der Waals surface area contributed by atoms with Crippen LogP contribution in [0.25, 0.3) is 0 Å². The summed E-state index contributed by atoms with van der Waals surface area (Å²) in [6, 6.07) is 15.4. The van der Waals surface area contributed by atoms with Crippen LogP contribution in [-0.2, 0) is 21.0 Å². The lowest BCUT2D eigenvalue weighted by atomic mass is 9.96.